The second-order valence-corrected chi connectivity index (χ2v) is 5.34. The number of rotatable bonds is 4. The minimum Gasteiger partial charge on any atom is -0.481 e. The van der Waals surface area contributed by atoms with Crippen LogP contribution in [0.25, 0.3) is 5.69 Å². The summed E-state index contributed by atoms with van der Waals surface area (Å²) in [6.45, 7) is 0. The van der Waals surface area contributed by atoms with Gasteiger partial charge in [-0.15, -0.1) is 5.10 Å². The topological polar surface area (TPSA) is 88.0 Å². The zero-order chi connectivity index (χ0) is 14.9. The number of aromatic nitrogens is 3. The van der Waals surface area contributed by atoms with Crippen LogP contribution in [0, 0.1) is 11.6 Å². The van der Waals surface area contributed by atoms with Crippen LogP contribution >= 0.6 is 27.7 Å². The standard InChI is InChI=1S/C10H6BrF2N3O3S/c11-4-1-6(13)7(2-5(4)12)16-9(19)14-15-10(16)20-3-8(17)18/h1-2H,3H2,(H,14,19)(H,17,18). The quantitative estimate of drug-likeness (QED) is 0.636. The van der Waals surface area contributed by atoms with Gasteiger partial charge < -0.3 is 5.11 Å². The van der Waals surface area contributed by atoms with E-state index in [1.54, 1.807) is 0 Å². The molecule has 2 aromatic rings. The van der Waals surface area contributed by atoms with E-state index in [0.29, 0.717) is 11.8 Å². The number of H-pyrrole nitrogens is 1. The molecule has 0 saturated heterocycles. The van der Waals surface area contributed by atoms with Crippen molar-refractivity contribution >= 4 is 33.7 Å². The number of nitrogens with zero attached hydrogens (tertiary/aromatic N) is 2. The molecule has 10 heteroatoms. The zero-order valence-electron chi connectivity index (χ0n) is 9.56. The predicted octanol–water partition coefficient (Wildman–Crippen LogP) is 1.78. The summed E-state index contributed by atoms with van der Waals surface area (Å²) >= 11 is 3.53. The van der Waals surface area contributed by atoms with Gasteiger partial charge in [0.2, 0.25) is 0 Å². The molecule has 2 N–H and O–H groups in total. The Morgan fingerprint density at radius 1 is 1.45 bits per heavy atom. The van der Waals surface area contributed by atoms with Crippen LogP contribution in [0.1, 0.15) is 0 Å². The molecular formula is C10H6BrF2N3O3S. The van der Waals surface area contributed by atoms with Gasteiger partial charge in [-0.05, 0) is 22.0 Å². The Balaban J connectivity index is 2.52. The zero-order valence-corrected chi connectivity index (χ0v) is 12.0. The summed E-state index contributed by atoms with van der Waals surface area (Å²) in [6, 6.07) is 1.69. The smallest absolute Gasteiger partial charge is 0.348 e. The van der Waals surface area contributed by atoms with E-state index in [2.05, 4.69) is 26.1 Å². The average Bonchev–Trinajstić information content (AvgIpc) is 2.73. The average molecular weight is 366 g/mol. The summed E-state index contributed by atoms with van der Waals surface area (Å²) in [4.78, 5) is 22.1. The second-order valence-electron chi connectivity index (χ2n) is 3.55. The third-order valence-electron chi connectivity index (χ3n) is 2.20. The van der Waals surface area contributed by atoms with Gasteiger partial charge in [-0.2, -0.15) is 0 Å². The minimum atomic E-state index is -1.13. The van der Waals surface area contributed by atoms with Crippen LogP contribution in [0.5, 0.6) is 0 Å². The molecule has 0 spiro atoms. The van der Waals surface area contributed by atoms with Gasteiger partial charge in [0.15, 0.2) is 5.16 Å². The first-order chi connectivity index (χ1) is 9.40. The lowest BCUT2D eigenvalue weighted by Gasteiger charge is -2.07. The lowest BCUT2D eigenvalue weighted by molar-refractivity contribution is -0.133. The highest BCUT2D eigenvalue weighted by Gasteiger charge is 2.17. The lowest BCUT2D eigenvalue weighted by Crippen LogP contribution is -2.17. The number of carboxylic acids is 1. The van der Waals surface area contributed by atoms with Crippen LogP contribution in [0.3, 0.4) is 0 Å². The number of hydrogen-bond donors (Lipinski definition) is 2. The molecule has 2 rings (SSSR count). The van der Waals surface area contributed by atoms with Crippen molar-refractivity contribution in [1.29, 1.82) is 0 Å². The van der Waals surface area contributed by atoms with Gasteiger partial charge in [0, 0.05) is 6.07 Å². The molecule has 1 heterocycles. The van der Waals surface area contributed by atoms with Crippen molar-refractivity contribution in [2.45, 2.75) is 5.16 Å². The van der Waals surface area contributed by atoms with Crippen molar-refractivity contribution in [2.75, 3.05) is 5.75 Å². The predicted molar refractivity (Wildman–Crippen MR) is 70.2 cm³/mol. The normalized spacial score (nSPS) is 10.8. The molecule has 1 aromatic carbocycles. The van der Waals surface area contributed by atoms with Crippen molar-refractivity contribution < 1.29 is 18.7 Å². The van der Waals surface area contributed by atoms with Crippen LogP contribution < -0.4 is 5.69 Å². The highest BCUT2D eigenvalue weighted by molar-refractivity contribution is 9.10. The van der Waals surface area contributed by atoms with Crippen molar-refractivity contribution in [3.63, 3.8) is 0 Å². The van der Waals surface area contributed by atoms with Gasteiger partial charge in [0.05, 0.1) is 15.9 Å². The lowest BCUT2D eigenvalue weighted by atomic mass is 10.3. The monoisotopic (exact) mass is 365 g/mol. The number of nitrogens with one attached hydrogen (secondary N) is 1. The Bertz CT molecular complexity index is 731. The van der Waals surface area contributed by atoms with E-state index in [1.165, 1.54) is 0 Å². The van der Waals surface area contributed by atoms with E-state index < -0.39 is 23.3 Å². The van der Waals surface area contributed by atoms with E-state index in [4.69, 9.17) is 5.11 Å². The Morgan fingerprint density at radius 3 is 2.80 bits per heavy atom. The first-order valence-electron chi connectivity index (χ1n) is 5.07. The number of aliphatic carboxylic acids is 1. The van der Waals surface area contributed by atoms with Crippen molar-refractivity contribution in [1.82, 2.24) is 14.8 Å². The number of halogens is 3. The van der Waals surface area contributed by atoms with Crippen LogP contribution in [0.2, 0.25) is 0 Å². The Kier molecular flexibility index (Phi) is 4.23. The van der Waals surface area contributed by atoms with Crippen LogP contribution in [-0.2, 0) is 4.79 Å². The molecule has 6 nitrogen and oxygen atoms in total. The van der Waals surface area contributed by atoms with Gasteiger partial charge in [-0.25, -0.2) is 23.2 Å². The number of carbonyl (C=O) groups is 1. The van der Waals surface area contributed by atoms with Gasteiger partial charge in [-0.3, -0.25) is 4.79 Å². The molecule has 0 aliphatic carbocycles. The number of thioether (sulfide) groups is 1. The third kappa shape index (κ3) is 2.90. The van der Waals surface area contributed by atoms with E-state index in [9.17, 15) is 18.4 Å². The van der Waals surface area contributed by atoms with Crippen molar-refractivity contribution in [3.05, 3.63) is 38.7 Å². The molecular weight excluding hydrogens is 360 g/mol. The van der Waals surface area contributed by atoms with E-state index in [-0.39, 0.29) is 21.1 Å². The Hall–Kier alpha value is -1.68. The third-order valence-corrected chi connectivity index (χ3v) is 3.73. The Labute approximate surface area is 122 Å². The summed E-state index contributed by atoms with van der Waals surface area (Å²) in [5, 5.41) is 14.2. The maximum absolute atomic E-state index is 13.8. The van der Waals surface area contributed by atoms with Gasteiger partial charge in [-0.1, -0.05) is 11.8 Å². The molecule has 106 valence electrons. The summed E-state index contributed by atoms with van der Waals surface area (Å²) in [5.74, 6) is -3.10. The first kappa shape index (κ1) is 14.7. The number of carboxylic acid groups (broad SMARTS) is 1. The maximum Gasteiger partial charge on any atom is 0.348 e. The largest absolute Gasteiger partial charge is 0.481 e. The van der Waals surface area contributed by atoms with Crippen LogP contribution in [0.15, 0.2) is 26.6 Å². The fourth-order valence-corrected chi connectivity index (χ4v) is 2.39. The SMILES string of the molecule is O=C(O)CSc1n[nH]c(=O)n1-c1cc(F)c(Br)cc1F. The highest BCUT2D eigenvalue weighted by atomic mass is 79.9. The molecule has 0 unspecified atom stereocenters. The molecule has 0 aliphatic heterocycles. The van der Waals surface area contributed by atoms with E-state index in [1.807, 2.05) is 0 Å². The molecule has 0 radical (unpaired) electrons. The molecule has 0 fully saturated rings. The molecule has 0 saturated carbocycles. The van der Waals surface area contributed by atoms with E-state index >= 15 is 0 Å². The number of hydrogen-bond acceptors (Lipinski definition) is 4. The van der Waals surface area contributed by atoms with Crippen molar-refractivity contribution in [3.8, 4) is 5.69 Å². The molecule has 1 aromatic heterocycles. The summed E-state index contributed by atoms with van der Waals surface area (Å²) < 4.78 is 28.0. The molecule has 20 heavy (non-hydrogen) atoms. The van der Waals surface area contributed by atoms with Crippen molar-refractivity contribution in [2.24, 2.45) is 0 Å². The van der Waals surface area contributed by atoms with Gasteiger partial charge in [0.1, 0.15) is 11.6 Å². The summed E-state index contributed by atoms with van der Waals surface area (Å²) in [6.07, 6.45) is 0. The van der Waals surface area contributed by atoms with Gasteiger partial charge in [0.25, 0.3) is 0 Å². The van der Waals surface area contributed by atoms with Gasteiger partial charge >= 0.3 is 11.7 Å². The minimum absolute atomic E-state index is 0.0713. The van der Waals surface area contributed by atoms with E-state index in [0.717, 1.165) is 16.7 Å². The number of aromatic amines is 1. The molecule has 0 bridgehead atoms. The molecule has 0 aliphatic rings. The number of benzene rings is 1. The first-order valence-corrected chi connectivity index (χ1v) is 6.85. The fraction of sp³-hybridized carbons (Fsp3) is 0.100. The second kappa shape index (κ2) is 5.75. The highest BCUT2D eigenvalue weighted by Crippen LogP contribution is 2.24. The molecule has 0 amide bonds. The fourth-order valence-electron chi connectivity index (χ4n) is 1.40. The maximum atomic E-state index is 13.8. The summed E-state index contributed by atoms with van der Waals surface area (Å²) in [7, 11) is 0. The van der Waals surface area contributed by atoms with Crippen LogP contribution in [-0.4, -0.2) is 31.6 Å². The summed E-state index contributed by atoms with van der Waals surface area (Å²) in [5.41, 5.74) is -1.14. The molecule has 0 atom stereocenters. The van der Waals surface area contributed by atoms with Crippen LogP contribution in [0.4, 0.5) is 8.78 Å². The Morgan fingerprint density at radius 2 is 2.15 bits per heavy atom.